The lowest BCUT2D eigenvalue weighted by molar-refractivity contribution is -0.137. The van der Waals surface area contributed by atoms with Crippen LogP contribution in [0.5, 0.6) is 11.5 Å². The number of fused-ring (bicyclic) bond motifs is 1. The number of nitrogens with zero attached hydrogens (tertiary/aromatic N) is 3. The van der Waals surface area contributed by atoms with Crippen molar-refractivity contribution in [2.24, 2.45) is 0 Å². The molecule has 1 unspecified atom stereocenters. The van der Waals surface area contributed by atoms with Crippen LogP contribution in [0.1, 0.15) is 27.2 Å². The van der Waals surface area contributed by atoms with Crippen molar-refractivity contribution in [2.45, 2.75) is 25.1 Å². The van der Waals surface area contributed by atoms with Gasteiger partial charge in [0, 0.05) is 31.5 Å². The molecule has 196 valence electrons. The third-order valence-electron chi connectivity index (χ3n) is 5.91. The quantitative estimate of drug-likeness (QED) is 0.360. The number of anilines is 1. The van der Waals surface area contributed by atoms with Gasteiger partial charge in [-0.25, -0.2) is 4.98 Å². The van der Waals surface area contributed by atoms with Crippen molar-refractivity contribution in [3.8, 4) is 11.5 Å². The summed E-state index contributed by atoms with van der Waals surface area (Å²) in [5.74, 6) is 0.487. The molecule has 0 saturated carbocycles. The van der Waals surface area contributed by atoms with Gasteiger partial charge in [-0.1, -0.05) is 12.1 Å². The minimum absolute atomic E-state index is 0.00984. The maximum atomic E-state index is 12.8. The predicted octanol–water partition coefficient (Wildman–Crippen LogP) is 4.89. The summed E-state index contributed by atoms with van der Waals surface area (Å²) in [4.78, 5) is 35.2. The lowest BCUT2D eigenvalue weighted by Crippen LogP contribution is -2.28. The van der Waals surface area contributed by atoms with Crippen LogP contribution in [-0.2, 0) is 17.4 Å². The third kappa shape index (κ3) is 5.76. The highest BCUT2D eigenvalue weighted by molar-refractivity contribution is 7.21. The zero-order valence-corrected chi connectivity index (χ0v) is 20.6. The molecule has 0 radical (unpaired) electrons. The van der Waals surface area contributed by atoms with Crippen LogP contribution in [0.15, 0.2) is 60.9 Å². The topological polar surface area (TPSA) is 105 Å². The fourth-order valence-corrected chi connectivity index (χ4v) is 5.03. The molecule has 1 saturated heterocycles. The van der Waals surface area contributed by atoms with E-state index in [0.717, 1.165) is 12.1 Å². The van der Waals surface area contributed by atoms with Crippen LogP contribution in [-0.4, -0.2) is 51.0 Å². The molecule has 1 fully saturated rings. The van der Waals surface area contributed by atoms with E-state index in [9.17, 15) is 27.9 Å². The van der Waals surface area contributed by atoms with Crippen molar-refractivity contribution < 1.29 is 32.6 Å². The first-order valence-corrected chi connectivity index (χ1v) is 12.4. The number of aliphatic hydroxyl groups is 1. The molecule has 0 spiro atoms. The second-order valence-corrected chi connectivity index (χ2v) is 9.78. The van der Waals surface area contributed by atoms with Crippen molar-refractivity contribution in [3.05, 3.63) is 76.9 Å². The van der Waals surface area contributed by atoms with E-state index >= 15 is 0 Å². The second kappa shape index (κ2) is 10.4. The number of carbonyl (C=O) groups is 2. The Bertz CT molecular complexity index is 1470. The minimum atomic E-state index is -4.50. The number of β-amino-alcohol motifs (C(OH)–C–C–N with tert-alkyl or cyclic N) is 1. The van der Waals surface area contributed by atoms with Crippen LogP contribution in [0.4, 0.5) is 19.0 Å². The number of hydrogen-bond donors (Lipinski definition) is 2. The first-order chi connectivity index (χ1) is 18.2. The van der Waals surface area contributed by atoms with Crippen molar-refractivity contribution in [3.63, 3.8) is 0 Å². The first-order valence-electron chi connectivity index (χ1n) is 11.6. The van der Waals surface area contributed by atoms with Crippen LogP contribution >= 0.6 is 11.3 Å². The number of amides is 2. The summed E-state index contributed by atoms with van der Waals surface area (Å²) >= 11 is 1.27. The average molecular weight is 543 g/mol. The minimum Gasteiger partial charge on any atom is -0.456 e. The number of aliphatic hydroxyl groups excluding tert-OH is 1. The molecule has 1 atom stereocenters. The summed E-state index contributed by atoms with van der Waals surface area (Å²) in [5, 5.41) is 12.2. The summed E-state index contributed by atoms with van der Waals surface area (Å²) < 4.78 is 44.7. The van der Waals surface area contributed by atoms with E-state index in [1.807, 2.05) is 0 Å². The highest BCUT2D eigenvalue weighted by Crippen LogP contribution is 2.36. The van der Waals surface area contributed by atoms with Gasteiger partial charge in [0.25, 0.3) is 5.91 Å². The maximum absolute atomic E-state index is 12.8. The van der Waals surface area contributed by atoms with Crippen LogP contribution in [0.2, 0.25) is 0 Å². The average Bonchev–Trinajstić information content (AvgIpc) is 3.51. The highest BCUT2D eigenvalue weighted by Gasteiger charge is 2.30. The van der Waals surface area contributed by atoms with Crippen molar-refractivity contribution in [1.29, 1.82) is 0 Å². The standard InChI is InChI=1S/C26H21F3N4O4S/c27-26(28,29)16-3-6-22(31-13-16)32-23(35)11-15-1-4-18(5-2-15)37-20-7-9-30-19-12-21(38-24(19)20)25(36)33-10-8-17(34)14-33/h1-7,9,12-13,17,34H,8,10-11,14H2,(H,31,32,35). The summed E-state index contributed by atoms with van der Waals surface area (Å²) in [5.41, 5.74) is 0.397. The SMILES string of the molecule is O=C(Cc1ccc(Oc2ccnc3cc(C(=O)N4CCC(O)C4)sc23)cc1)Nc1ccc(C(F)(F)F)cn1. The van der Waals surface area contributed by atoms with Gasteiger partial charge in [-0.05, 0) is 42.3 Å². The molecule has 3 aromatic heterocycles. The number of hydrogen-bond acceptors (Lipinski definition) is 7. The lowest BCUT2D eigenvalue weighted by Gasteiger charge is -2.13. The number of benzene rings is 1. The molecule has 4 heterocycles. The Morgan fingerprint density at radius 3 is 2.58 bits per heavy atom. The van der Waals surface area contributed by atoms with Gasteiger partial charge in [-0.2, -0.15) is 13.2 Å². The molecule has 38 heavy (non-hydrogen) atoms. The van der Waals surface area contributed by atoms with E-state index in [1.165, 1.54) is 11.3 Å². The molecular weight excluding hydrogens is 521 g/mol. The van der Waals surface area contributed by atoms with E-state index in [1.54, 1.807) is 47.5 Å². The van der Waals surface area contributed by atoms with E-state index in [2.05, 4.69) is 15.3 Å². The molecule has 2 amide bonds. The summed E-state index contributed by atoms with van der Waals surface area (Å²) in [6, 6.07) is 12.2. The number of alkyl halides is 3. The van der Waals surface area contributed by atoms with Gasteiger partial charge in [0.05, 0.1) is 33.2 Å². The van der Waals surface area contributed by atoms with Gasteiger partial charge >= 0.3 is 6.18 Å². The molecular formula is C26H21F3N4O4S. The Kier molecular flexibility index (Phi) is 7.00. The number of likely N-dealkylation sites (tertiary alicyclic amines) is 1. The molecule has 1 aromatic carbocycles. The van der Waals surface area contributed by atoms with E-state index in [4.69, 9.17) is 4.74 Å². The normalized spacial score (nSPS) is 15.6. The molecule has 5 rings (SSSR count). The Labute approximate surface area is 218 Å². The van der Waals surface area contributed by atoms with Gasteiger partial charge in [-0.3, -0.25) is 14.6 Å². The Hall–Kier alpha value is -4.03. The van der Waals surface area contributed by atoms with Crippen LogP contribution in [0.25, 0.3) is 10.2 Å². The largest absolute Gasteiger partial charge is 0.456 e. The fraction of sp³-hybridized carbons (Fsp3) is 0.231. The highest BCUT2D eigenvalue weighted by atomic mass is 32.1. The van der Waals surface area contributed by atoms with Gasteiger partial charge in [0.2, 0.25) is 5.91 Å². The van der Waals surface area contributed by atoms with Gasteiger partial charge < -0.3 is 20.1 Å². The molecule has 4 aromatic rings. The van der Waals surface area contributed by atoms with Crippen LogP contribution in [0, 0.1) is 0 Å². The maximum Gasteiger partial charge on any atom is 0.417 e. The molecule has 1 aliphatic heterocycles. The van der Waals surface area contributed by atoms with Crippen LogP contribution in [0.3, 0.4) is 0 Å². The van der Waals surface area contributed by atoms with E-state index in [-0.39, 0.29) is 18.1 Å². The molecule has 2 N–H and O–H groups in total. The number of nitrogens with one attached hydrogen (secondary N) is 1. The number of carbonyl (C=O) groups excluding carboxylic acids is 2. The number of ether oxygens (including phenoxy) is 1. The number of rotatable bonds is 6. The molecule has 0 bridgehead atoms. The molecule has 8 nitrogen and oxygen atoms in total. The Morgan fingerprint density at radius 2 is 1.92 bits per heavy atom. The summed E-state index contributed by atoms with van der Waals surface area (Å²) in [6.07, 6.45) is -2.19. The monoisotopic (exact) mass is 542 g/mol. The number of thiophene rings is 1. The summed E-state index contributed by atoms with van der Waals surface area (Å²) in [6.45, 7) is 0.825. The van der Waals surface area contributed by atoms with Gasteiger partial charge in [0.15, 0.2) is 0 Å². The second-order valence-electron chi connectivity index (χ2n) is 8.73. The van der Waals surface area contributed by atoms with Gasteiger partial charge in [0.1, 0.15) is 17.3 Å². The Balaban J connectivity index is 1.22. The van der Waals surface area contributed by atoms with Gasteiger partial charge in [-0.15, -0.1) is 11.3 Å². The van der Waals surface area contributed by atoms with Crippen molar-refractivity contribution in [1.82, 2.24) is 14.9 Å². The lowest BCUT2D eigenvalue weighted by atomic mass is 10.1. The molecule has 12 heteroatoms. The first kappa shape index (κ1) is 25.6. The smallest absolute Gasteiger partial charge is 0.417 e. The molecule has 0 aliphatic carbocycles. The third-order valence-corrected chi connectivity index (χ3v) is 7.04. The predicted molar refractivity (Wildman–Crippen MR) is 134 cm³/mol. The van der Waals surface area contributed by atoms with E-state index < -0.39 is 23.8 Å². The zero-order valence-electron chi connectivity index (χ0n) is 19.7. The number of pyridine rings is 2. The fourth-order valence-electron chi connectivity index (χ4n) is 3.99. The van der Waals surface area contributed by atoms with E-state index in [0.29, 0.717) is 57.9 Å². The zero-order chi connectivity index (χ0) is 26.9. The molecule has 1 aliphatic rings. The number of halogens is 3. The van der Waals surface area contributed by atoms with Crippen LogP contribution < -0.4 is 10.1 Å². The van der Waals surface area contributed by atoms with Crippen molar-refractivity contribution in [2.75, 3.05) is 18.4 Å². The van der Waals surface area contributed by atoms with Crippen molar-refractivity contribution >= 4 is 39.2 Å². The Morgan fingerprint density at radius 1 is 1.13 bits per heavy atom. The number of aromatic nitrogens is 2. The summed E-state index contributed by atoms with van der Waals surface area (Å²) in [7, 11) is 0.